The third kappa shape index (κ3) is 4.68. The Morgan fingerprint density at radius 1 is 1.67 bits per heavy atom. The molecule has 0 aliphatic carbocycles. The fourth-order valence-electron chi connectivity index (χ4n) is 0.359. The minimum absolute atomic E-state index is 0.352. The summed E-state index contributed by atoms with van der Waals surface area (Å²) < 4.78 is 0. The van der Waals surface area contributed by atoms with Gasteiger partial charge < -0.3 is 10.2 Å². The molecule has 0 aliphatic rings. The maximum absolute atomic E-state index is 9.83. The second-order valence-electron chi connectivity index (χ2n) is 1.55. The summed E-state index contributed by atoms with van der Waals surface area (Å²) in [5.74, 6) is 0. The zero-order valence-corrected chi connectivity index (χ0v) is 5.13. The third-order valence-electron chi connectivity index (χ3n) is 0.774. The van der Waals surface area contributed by atoms with Crippen molar-refractivity contribution in [3.63, 3.8) is 0 Å². The summed E-state index contributed by atoms with van der Waals surface area (Å²) in [5.41, 5.74) is 0.730. The van der Waals surface area contributed by atoms with Crippen LogP contribution in [-0.2, 0) is 4.79 Å². The fourth-order valence-corrected chi connectivity index (χ4v) is 0.359. The molecular formula is C7H9NO. The highest BCUT2D eigenvalue weighted by Gasteiger charge is 1.82. The van der Waals surface area contributed by atoms with Crippen LogP contribution in [0.3, 0.4) is 0 Å². The van der Waals surface area contributed by atoms with Gasteiger partial charge in [0.05, 0.1) is 0 Å². The van der Waals surface area contributed by atoms with Crippen molar-refractivity contribution in [2.24, 2.45) is 0 Å². The molecule has 0 aromatic heterocycles. The van der Waals surface area contributed by atoms with Gasteiger partial charge in [0.15, 0.2) is 0 Å². The number of allylic oxidation sites excluding steroid dienone is 3. The highest BCUT2D eigenvalue weighted by atomic mass is 16.1. The van der Waals surface area contributed by atoms with Gasteiger partial charge in [0.1, 0.15) is 6.29 Å². The number of carbonyl (C=O) groups excluding carboxylic acids is 1. The Kier molecular flexibility index (Phi) is 4.32. The van der Waals surface area contributed by atoms with E-state index in [1.165, 1.54) is 6.08 Å². The van der Waals surface area contributed by atoms with Gasteiger partial charge in [-0.05, 0) is 11.6 Å². The highest BCUT2D eigenvalue weighted by Crippen LogP contribution is 1.94. The van der Waals surface area contributed by atoms with Gasteiger partial charge in [-0.15, -0.1) is 0 Å². The molecule has 0 saturated carbocycles. The second kappa shape index (κ2) is 4.97. The van der Waals surface area contributed by atoms with Gasteiger partial charge in [0, 0.05) is 12.6 Å². The lowest BCUT2D eigenvalue weighted by molar-refractivity contribution is -0.107. The average molecular weight is 123 g/mol. The first kappa shape index (κ1) is 7.82. The molecule has 0 aromatic rings. The molecule has 0 bridgehead atoms. The van der Waals surface area contributed by atoms with Gasteiger partial charge in [-0.1, -0.05) is 12.7 Å². The smallest absolute Gasteiger partial charge is 0.124 e. The van der Waals surface area contributed by atoms with Gasteiger partial charge in [0.2, 0.25) is 0 Å². The highest BCUT2D eigenvalue weighted by molar-refractivity contribution is 5.69. The van der Waals surface area contributed by atoms with E-state index in [1.807, 2.05) is 0 Å². The van der Waals surface area contributed by atoms with Crippen molar-refractivity contribution in [3.8, 4) is 0 Å². The molecule has 0 fully saturated rings. The zero-order valence-electron chi connectivity index (χ0n) is 5.13. The maximum atomic E-state index is 9.83. The van der Waals surface area contributed by atoms with Crippen LogP contribution in [0.5, 0.6) is 0 Å². The van der Waals surface area contributed by atoms with E-state index in [0.717, 1.165) is 18.1 Å². The average Bonchev–Trinajstić information content (AvgIpc) is 1.85. The molecule has 0 atom stereocenters. The molecule has 1 N–H and O–H groups in total. The lowest BCUT2D eigenvalue weighted by Crippen LogP contribution is -1.76. The van der Waals surface area contributed by atoms with Crippen LogP contribution in [0.4, 0.5) is 0 Å². The Morgan fingerprint density at radius 3 is 2.78 bits per heavy atom. The second-order valence-corrected chi connectivity index (χ2v) is 1.55. The van der Waals surface area contributed by atoms with Crippen molar-refractivity contribution in [1.82, 2.24) is 0 Å². The van der Waals surface area contributed by atoms with E-state index in [4.69, 9.17) is 5.41 Å². The number of carbonyl (C=O) groups is 1. The SMILES string of the molecule is C=C(/C=C\C=N)CC=O. The quantitative estimate of drug-likeness (QED) is 0.342. The van der Waals surface area contributed by atoms with Crippen LogP contribution in [0, 0.1) is 5.41 Å². The van der Waals surface area contributed by atoms with Crippen molar-refractivity contribution < 1.29 is 4.79 Å². The van der Waals surface area contributed by atoms with Crippen LogP contribution >= 0.6 is 0 Å². The van der Waals surface area contributed by atoms with Crippen molar-refractivity contribution in [3.05, 3.63) is 24.3 Å². The predicted molar refractivity (Wildman–Crippen MR) is 37.7 cm³/mol. The third-order valence-corrected chi connectivity index (χ3v) is 0.774. The number of rotatable bonds is 4. The Bertz CT molecular complexity index is 147. The van der Waals surface area contributed by atoms with E-state index in [-0.39, 0.29) is 0 Å². The standard InChI is InChI=1S/C7H9NO/c1-7(4-6-9)3-2-5-8/h2-3,5-6,8H,1,4H2/b3-2-,8-5?. The van der Waals surface area contributed by atoms with Gasteiger partial charge >= 0.3 is 0 Å². The first-order valence-electron chi connectivity index (χ1n) is 2.60. The van der Waals surface area contributed by atoms with Crippen LogP contribution in [0.25, 0.3) is 0 Å². The molecule has 0 amide bonds. The normalized spacial score (nSPS) is 9.33. The van der Waals surface area contributed by atoms with Crippen LogP contribution in [0.15, 0.2) is 24.3 Å². The molecule has 9 heavy (non-hydrogen) atoms. The summed E-state index contributed by atoms with van der Waals surface area (Å²) in [6, 6.07) is 0. The number of hydrogen-bond donors (Lipinski definition) is 1. The zero-order chi connectivity index (χ0) is 7.11. The Labute approximate surface area is 54.4 Å². The van der Waals surface area contributed by atoms with Crippen molar-refractivity contribution >= 4 is 12.5 Å². The summed E-state index contributed by atoms with van der Waals surface area (Å²) in [5, 5.41) is 6.59. The minimum Gasteiger partial charge on any atom is -0.309 e. The summed E-state index contributed by atoms with van der Waals surface area (Å²) in [6.45, 7) is 3.56. The number of nitrogens with one attached hydrogen (secondary N) is 1. The van der Waals surface area contributed by atoms with E-state index >= 15 is 0 Å². The number of aldehydes is 1. The predicted octanol–water partition coefficient (Wildman–Crippen LogP) is 1.34. The van der Waals surface area contributed by atoms with Crippen LogP contribution < -0.4 is 0 Å². The molecule has 0 radical (unpaired) electrons. The summed E-state index contributed by atoms with van der Waals surface area (Å²) in [6.07, 6.45) is 5.46. The minimum atomic E-state index is 0.352. The molecule has 0 aromatic carbocycles. The maximum Gasteiger partial charge on any atom is 0.124 e. The first-order valence-corrected chi connectivity index (χ1v) is 2.60. The lowest BCUT2D eigenvalue weighted by atomic mass is 10.2. The molecule has 0 heterocycles. The van der Waals surface area contributed by atoms with E-state index in [1.54, 1.807) is 6.08 Å². The fraction of sp³-hybridized carbons (Fsp3) is 0.143. The lowest BCUT2D eigenvalue weighted by Gasteiger charge is -1.85. The van der Waals surface area contributed by atoms with Crippen molar-refractivity contribution in [1.29, 1.82) is 5.41 Å². The van der Waals surface area contributed by atoms with E-state index in [9.17, 15) is 4.79 Å². The molecule has 0 unspecified atom stereocenters. The first-order chi connectivity index (χ1) is 4.31. The molecule has 0 aliphatic heterocycles. The van der Waals surface area contributed by atoms with Gasteiger partial charge in [-0.25, -0.2) is 0 Å². The van der Waals surface area contributed by atoms with E-state index < -0.39 is 0 Å². The Hall–Kier alpha value is -1.18. The molecule has 48 valence electrons. The van der Waals surface area contributed by atoms with Crippen LogP contribution in [0.2, 0.25) is 0 Å². The largest absolute Gasteiger partial charge is 0.309 e. The molecule has 2 heteroatoms. The molecule has 2 nitrogen and oxygen atoms in total. The summed E-state index contributed by atoms with van der Waals surface area (Å²) in [7, 11) is 0. The van der Waals surface area contributed by atoms with Gasteiger partial charge in [-0.2, -0.15) is 0 Å². The summed E-state index contributed by atoms with van der Waals surface area (Å²) >= 11 is 0. The van der Waals surface area contributed by atoms with E-state index in [2.05, 4.69) is 6.58 Å². The Balaban J connectivity index is 3.61. The van der Waals surface area contributed by atoms with E-state index in [0.29, 0.717) is 6.42 Å². The molecule has 0 saturated heterocycles. The van der Waals surface area contributed by atoms with Crippen molar-refractivity contribution in [2.75, 3.05) is 0 Å². The Morgan fingerprint density at radius 2 is 2.33 bits per heavy atom. The van der Waals surface area contributed by atoms with Crippen molar-refractivity contribution in [2.45, 2.75) is 6.42 Å². The monoisotopic (exact) mass is 123 g/mol. The van der Waals surface area contributed by atoms with Gasteiger partial charge in [-0.3, -0.25) is 0 Å². The number of hydrogen-bond acceptors (Lipinski definition) is 2. The molecular weight excluding hydrogens is 114 g/mol. The topological polar surface area (TPSA) is 40.9 Å². The van der Waals surface area contributed by atoms with Crippen LogP contribution in [-0.4, -0.2) is 12.5 Å². The molecule has 0 spiro atoms. The summed E-state index contributed by atoms with van der Waals surface area (Å²) in [4.78, 5) is 9.83. The molecule has 0 rings (SSSR count). The van der Waals surface area contributed by atoms with Crippen LogP contribution in [0.1, 0.15) is 6.42 Å². The van der Waals surface area contributed by atoms with Gasteiger partial charge in [0.25, 0.3) is 0 Å².